The van der Waals surface area contributed by atoms with E-state index in [-0.39, 0.29) is 5.78 Å². The maximum Gasteiger partial charge on any atom is 0.163 e. The number of aromatic nitrogens is 2. The van der Waals surface area contributed by atoms with E-state index in [1.54, 1.807) is 0 Å². The zero-order valence-electron chi connectivity index (χ0n) is 14.9. The number of anilines is 2. The molecule has 2 aliphatic carbocycles. The topological polar surface area (TPSA) is 69.8 Å². The van der Waals surface area contributed by atoms with Gasteiger partial charge >= 0.3 is 0 Å². The van der Waals surface area contributed by atoms with Gasteiger partial charge in [0.15, 0.2) is 11.6 Å². The first-order valence-corrected chi connectivity index (χ1v) is 9.33. The zero-order chi connectivity index (χ0) is 17.4. The third kappa shape index (κ3) is 3.47. The van der Waals surface area contributed by atoms with Crippen molar-refractivity contribution in [1.29, 1.82) is 0 Å². The van der Waals surface area contributed by atoms with Gasteiger partial charge in [0.1, 0.15) is 0 Å². The minimum atomic E-state index is 0.259. The van der Waals surface area contributed by atoms with Crippen LogP contribution in [-0.4, -0.2) is 28.1 Å². The molecule has 2 aliphatic rings. The number of fused-ring (bicyclic) bond motifs is 1. The molecule has 3 N–H and O–H groups in total. The fourth-order valence-corrected chi connectivity index (χ4v) is 4.18. The Morgan fingerprint density at radius 3 is 2.92 bits per heavy atom. The Labute approximate surface area is 148 Å². The van der Waals surface area contributed by atoms with Gasteiger partial charge in [-0.15, -0.1) is 0 Å². The van der Waals surface area contributed by atoms with E-state index < -0.39 is 0 Å². The molecule has 4 rings (SSSR count). The molecule has 1 saturated carbocycles. The Morgan fingerprint density at radius 1 is 1.20 bits per heavy atom. The van der Waals surface area contributed by atoms with Crippen molar-refractivity contribution >= 4 is 17.3 Å². The molecule has 5 nitrogen and oxygen atoms in total. The highest BCUT2D eigenvalue weighted by Crippen LogP contribution is 2.35. The molecular formula is C20H26N4O. The van der Waals surface area contributed by atoms with Gasteiger partial charge < -0.3 is 10.6 Å². The van der Waals surface area contributed by atoms with Crippen molar-refractivity contribution in [1.82, 2.24) is 15.5 Å². The molecule has 1 aromatic heterocycles. The van der Waals surface area contributed by atoms with Crippen molar-refractivity contribution in [2.75, 3.05) is 5.32 Å². The van der Waals surface area contributed by atoms with Crippen LogP contribution in [-0.2, 0) is 6.42 Å². The van der Waals surface area contributed by atoms with Crippen LogP contribution in [0, 0.1) is 0 Å². The minimum absolute atomic E-state index is 0.259. The van der Waals surface area contributed by atoms with Gasteiger partial charge in [-0.05, 0) is 49.4 Å². The lowest BCUT2D eigenvalue weighted by Gasteiger charge is -2.15. The number of aryl methyl sites for hydroxylation is 1. The van der Waals surface area contributed by atoms with E-state index in [0.717, 1.165) is 29.1 Å². The molecule has 2 unspecified atom stereocenters. The number of benzene rings is 1. The van der Waals surface area contributed by atoms with Crippen LogP contribution < -0.4 is 10.6 Å². The number of rotatable bonds is 5. The Balaban J connectivity index is 1.41. The summed E-state index contributed by atoms with van der Waals surface area (Å²) in [6.45, 7) is 4.41. The van der Waals surface area contributed by atoms with Crippen LogP contribution in [0.2, 0.25) is 0 Å². The van der Waals surface area contributed by atoms with Crippen molar-refractivity contribution in [3.05, 3.63) is 41.1 Å². The maximum atomic E-state index is 11.7. The average molecular weight is 338 g/mol. The predicted octanol–water partition coefficient (Wildman–Crippen LogP) is 3.92. The fourth-order valence-electron chi connectivity index (χ4n) is 4.18. The van der Waals surface area contributed by atoms with Gasteiger partial charge in [-0.2, -0.15) is 5.10 Å². The number of nitrogens with one attached hydrogen (secondary N) is 3. The summed E-state index contributed by atoms with van der Waals surface area (Å²) < 4.78 is 0. The Hall–Kier alpha value is -2.14. The molecule has 0 spiro atoms. The fraction of sp³-hybridized carbons (Fsp3) is 0.500. The van der Waals surface area contributed by atoms with E-state index in [0.29, 0.717) is 24.4 Å². The standard InChI is InChI=1S/C20H26N4O/c1-12(2)21-15-5-3-14(10-15)18-11-20(24-23-18)22-16-6-7-17-13(9-16)4-8-19(17)25/h6-7,9,11-12,14-15,21H,3-5,8,10H2,1-2H3,(H2,22,23,24). The molecule has 0 radical (unpaired) electrons. The molecule has 2 aromatic rings. The van der Waals surface area contributed by atoms with Gasteiger partial charge in [0.05, 0.1) is 0 Å². The molecule has 1 heterocycles. The molecule has 0 aliphatic heterocycles. The summed E-state index contributed by atoms with van der Waals surface area (Å²) in [4.78, 5) is 11.7. The second-order valence-electron chi connectivity index (χ2n) is 7.66. The van der Waals surface area contributed by atoms with Crippen LogP contribution in [0.25, 0.3) is 0 Å². The van der Waals surface area contributed by atoms with E-state index in [2.05, 4.69) is 46.8 Å². The highest BCUT2D eigenvalue weighted by atomic mass is 16.1. The van der Waals surface area contributed by atoms with E-state index in [1.807, 2.05) is 12.1 Å². The van der Waals surface area contributed by atoms with Gasteiger partial charge in [0.25, 0.3) is 0 Å². The van der Waals surface area contributed by atoms with Gasteiger partial charge in [-0.25, -0.2) is 0 Å². The highest BCUT2D eigenvalue weighted by molar-refractivity contribution is 6.00. The van der Waals surface area contributed by atoms with E-state index in [9.17, 15) is 4.79 Å². The number of nitrogens with zero attached hydrogens (tertiary/aromatic N) is 1. The molecule has 5 heteroatoms. The third-order valence-corrected chi connectivity index (χ3v) is 5.34. The number of carbonyl (C=O) groups is 1. The van der Waals surface area contributed by atoms with Gasteiger partial charge in [0, 0.05) is 47.4 Å². The summed E-state index contributed by atoms with van der Waals surface area (Å²) in [7, 11) is 0. The van der Waals surface area contributed by atoms with Crippen LogP contribution in [0.15, 0.2) is 24.3 Å². The van der Waals surface area contributed by atoms with Crippen LogP contribution in [0.4, 0.5) is 11.5 Å². The lowest BCUT2D eigenvalue weighted by molar-refractivity contribution is 0.0994. The average Bonchev–Trinajstić information content (AvgIpc) is 3.28. The van der Waals surface area contributed by atoms with E-state index >= 15 is 0 Å². The Morgan fingerprint density at radius 2 is 2.08 bits per heavy atom. The second kappa shape index (κ2) is 6.64. The first-order valence-electron chi connectivity index (χ1n) is 9.33. The van der Waals surface area contributed by atoms with Gasteiger partial charge in [0.2, 0.25) is 0 Å². The molecule has 1 aromatic carbocycles. The number of aromatic amines is 1. The van der Waals surface area contributed by atoms with Crippen molar-refractivity contribution < 1.29 is 4.79 Å². The zero-order valence-corrected chi connectivity index (χ0v) is 14.9. The summed E-state index contributed by atoms with van der Waals surface area (Å²) in [5.74, 6) is 1.66. The normalized spacial score (nSPS) is 22.6. The van der Waals surface area contributed by atoms with E-state index in [4.69, 9.17) is 0 Å². The van der Waals surface area contributed by atoms with Gasteiger partial charge in [-0.3, -0.25) is 9.89 Å². The molecular weight excluding hydrogens is 312 g/mol. The van der Waals surface area contributed by atoms with Crippen molar-refractivity contribution in [3.63, 3.8) is 0 Å². The number of hydrogen-bond acceptors (Lipinski definition) is 4. The minimum Gasteiger partial charge on any atom is -0.339 e. The monoisotopic (exact) mass is 338 g/mol. The van der Waals surface area contributed by atoms with Crippen LogP contribution in [0.3, 0.4) is 0 Å². The first kappa shape index (κ1) is 16.3. The van der Waals surface area contributed by atoms with Crippen LogP contribution >= 0.6 is 0 Å². The first-order chi connectivity index (χ1) is 12.1. The number of ketones is 1. The second-order valence-corrected chi connectivity index (χ2v) is 7.66. The highest BCUT2D eigenvalue weighted by Gasteiger charge is 2.27. The Kier molecular flexibility index (Phi) is 4.34. The lowest BCUT2D eigenvalue weighted by atomic mass is 10.0. The number of Topliss-reactive ketones (excluding diaryl/α,β-unsaturated/α-hetero) is 1. The smallest absolute Gasteiger partial charge is 0.163 e. The molecule has 25 heavy (non-hydrogen) atoms. The lowest BCUT2D eigenvalue weighted by Crippen LogP contribution is -2.32. The summed E-state index contributed by atoms with van der Waals surface area (Å²) >= 11 is 0. The van der Waals surface area contributed by atoms with Crippen molar-refractivity contribution in [2.24, 2.45) is 0 Å². The number of H-pyrrole nitrogens is 1. The molecule has 132 valence electrons. The Bertz CT molecular complexity index is 780. The van der Waals surface area contributed by atoms with Crippen LogP contribution in [0.1, 0.15) is 67.1 Å². The summed E-state index contributed by atoms with van der Waals surface area (Å²) in [5, 5.41) is 14.6. The molecule has 0 amide bonds. The SMILES string of the molecule is CC(C)NC1CCC(c2cc(Nc3ccc4c(c3)CCC4=O)n[nH]2)C1. The predicted molar refractivity (Wildman–Crippen MR) is 99.6 cm³/mol. The molecule has 0 bridgehead atoms. The van der Waals surface area contributed by atoms with Crippen molar-refractivity contribution in [3.8, 4) is 0 Å². The third-order valence-electron chi connectivity index (χ3n) is 5.34. The largest absolute Gasteiger partial charge is 0.339 e. The maximum absolute atomic E-state index is 11.7. The molecule has 2 atom stereocenters. The number of hydrogen-bond donors (Lipinski definition) is 3. The van der Waals surface area contributed by atoms with Gasteiger partial charge in [-0.1, -0.05) is 13.8 Å². The van der Waals surface area contributed by atoms with Crippen molar-refractivity contribution in [2.45, 2.75) is 64.0 Å². The summed E-state index contributed by atoms with van der Waals surface area (Å²) in [5.41, 5.74) is 4.23. The molecule has 1 fully saturated rings. The quantitative estimate of drug-likeness (QED) is 0.773. The molecule has 0 saturated heterocycles. The summed E-state index contributed by atoms with van der Waals surface area (Å²) in [6.07, 6.45) is 5.08. The number of carbonyl (C=O) groups excluding carboxylic acids is 1. The van der Waals surface area contributed by atoms with Crippen LogP contribution in [0.5, 0.6) is 0 Å². The van der Waals surface area contributed by atoms with E-state index in [1.165, 1.54) is 25.0 Å². The summed E-state index contributed by atoms with van der Waals surface area (Å²) in [6, 6.07) is 9.25.